The van der Waals surface area contributed by atoms with Crippen LogP contribution < -0.4 is 4.74 Å². The number of fused-ring (bicyclic) bond motifs is 1. The van der Waals surface area contributed by atoms with E-state index in [0.717, 1.165) is 60.6 Å². The van der Waals surface area contributed by atoms with Crippen molar-refractivity contribution in [1.82, 2.24) is 9.55 Å². The number of allylic oxidation sites excluding steroid dienone is 1. The molecule has 1 N–H and O–H groups in total. The molecule has 2 aromatic carbocycles. The second-order valence-electron chi connectivity index (χ2n) is 7.52. The predicted octanol–water partition coefficient (Wildman–Crippen LogP) is 4.10. The quantitative estimate of drug-likeness (QED) is 0.587. The SMILES string of the molecule is C=CCc1ccccc1OCC(O)Cn1c(C2CCOCC2)nc2ccccc21. The summed E-state index contributed by atoms with van der Waals surface area (Å²) in [5.41, 5.74) is 3.10. The van der Waals surface area contributed by atoms with Gasteiger partial charge in [-0.3, -0.25) is 0 Å². The summed E-state index contributed by atoms with van der Waals surface area (Å²) in [4.78, 5) is 4.89. The van der Waals surface area contributed by atoms with Crippen LogP contribution in [0.4, 0.5) is 0 Å². The maximum absolute atomic E-state index is 10.8. The number of aliphatic hydroxyl groups is 1. The third-order valence-corrected chi connectivity index (χ3v) is 5.43. The van der Waals surface area contributed by atoms with Crippen LogP contribution in [0.1, 0.15) is 30.1 Å². The van der Waals surface area contributed by atoms with Crippen molar-refractivity contribution < 1.29 is 14.6 Å². The van der Waals surface area contributed by atoms with Gasteiger partial charge in [-0.15, -0.1) is 6.58 Å². The Morgan fingerprint density at radius 3 is 2.76 bits per heavy atom. The molecule has 0 aliphatic carbocycles. The number of aliphatic hydroxyl groups excluding tert-OH is 1. The highest BCUT2D eigenvalue weighted by Gasteiger charge is 2.24. The van der Waals surface area contributed by atoms with Crippen molar-refractivity contribution in [2.24, 2.45) is 0 Å². The monoisotopic (exact) mass is 392 g/mol. The Hall–Kier alpha value is -2.63. The fourth-order valence-electron chi connectivity index (χ4n) is 3.97. The molecular formula is C24H28N2O3. The van der Waals surface area contributed by atoms with Gasteiger partial charge in [-0.1, -0.05) is 36.4 Å². The Labute approximate surface area is 171 Å². The zero-order chi connectivity index (χ0) is 20.1. The number of rotatable bonds is 8. The molecule has 0 saturated carbocycles. The predicted molar refractivity (Wildman–Crippen MR) is 114 cm³/mol. The van der Waals surface area contributed by atoms with Crippen LogP contribution in [0, 0.1) is 0 Å². The molecule has 1 aromatic heterocycles. The Bertz CT molecular complexity index is 960. The number of aromatic nitrogens is 2. The number of para-hydroxylation sites is 3. The molecule has 1 unspecified atom stereocenters. The molecular weight excluding hydrogens is 364 g/mol. The first-order valence-electron chi connectivity index (χ1n) is 10.3. The van der Waals surface area contributed by atoms with E-state index in [4.69, 9.17) is 14.5 Å². The summed E-state index contributed by atoms with van der Waals surface area (Å²) in [5.74, 6) is 2.20. The van der Waals surface area contributed by atoms with Gasteiger partial charge in [-0.25, -0.2) is 4.98 Å². The normalized spacial score (nSPS) is 16.0. The average Bonchev–Trinajstić information content (AvgIpc) is 3.12. The first-order chi connectivity index (χ1) is 14.3. The molecule has 1 aliphatic heterocycles. The van der Waals surface area contributed by atoms with Crippen molar-refractivity contribution in [2.75, 3.05) is 19.8 Å². The summed E-state index contributed by atoms with van der Waals surface area (Å²) in [6.07, 6.45) is 3.89. The van der Waals surface area contributed by atoms with E-state index in [1.54, 1.807) is 0 Å². The van der Waals surface area contributed by atoms with Gasteiger partial charge in [0.25, 0.3) is 0 Å². The van der Waals surface area contributed by atoms with Crippen LogP contribution >= 0.6 is 0 Å². The highest BCUT2D eigenvalue weighted by molar-refractivity contribution is 5.76. The molecule has 1 fully saturated rings. The summed E-state index contributed by atoms with van der Waals surface area (Å²) in [7, 11) is 0. The van der Waals surface area contributed by atoms with Gasteiger partial charge in [0.15, 0.2) is 0 Å². The fourth-order valence-corrected chi connectivity index (χ4v) is 3.97. The Morgan fingerprint density at radius 2 is 1.93 bits per heavy atom. The highest BCUT2D eigenvalue weighted by atomic mass is 16.5. The van der Waals surface area contributed by atoms with Crippen LogP contribution in [-0.4, -0.2) is 40.6 Å². The van der Waals surface area contributed by atoms with Crippen LogP contribution in [0.15, 0.2) is 61.2 Å². The summed E-state index contributed by atoms with van der Waals surface area (Å²) in [6.45, 7) is 6.01. The summed E-state index contributed by atoms with van der Waals surface area (Å²) >= 11 is 0. The standard InChI is InChI=1S/C24H28N2O3/c1-2-7-18-8-3-6-11-23(18)29-17-20(27)16-26-22-10-5-4-9-21(22)25-24(26)19-12-14-28-15-13-19/h2-6,8-11,19-20,27H,1,7,12-17H2. The van der Waals surface area contributed by atoms with E-state index in [9.17, 15) is 5.11 Å². The fraction of sp³-hybridized carbons (Fsp3) is 0.375. The third kappa shape index (κ3) is 4.52. The summed E-state index contributed by atoms with van der Waals surface area (Å²) in [5, 5.41) is 10.8. The first-order valence-corrected chi connectivity index (χ1v) is 10.3. The lowest BCUT2D eigenvalue weighted by Gasteiger charge is -2.24. The van der Waals surface area contributed by atoms with E-state index < -0.39 is 6.10 Å². The first kappa shape index (κ1) is 19.7. The molecule has 3 aromatic rings. The van der Waals surface area contributed by atoms with Crippen molar-refractivity contribution >= 4 is 11.0 Å². The van der Waals surface area contributed by atoms with E-state index in [1.165, 1.54) is 0 Å². The molecule has 29 heavy (non-hydrogen) atoms. The average molecular weight is 392 g/mol. The molecule has 0 bridgehead atoms. The van der Waals surface area contributed by atoms with Gasteiger partial charge in [-0.2, -0.15) is 0 Å². The largest absolute Gasteiger partial charge is 0.491 e. The summed E-state index contributed by atoms with van der Waals surface area (Å²) in [6, 6.07) is 16.0. The molecule has 1 aliphatic rings. The molecule has 0 radical (unpaired) electrons. The Morgan fingerprint density at radius 1 is 1.17 bits per heavy atom. The minimum Gasteiger partial charge on any atom is -0.491 e. The number of hydrogen-bond donors (Lipinski definition) is 1. The number of imidazole rings is 1. The van der Waals surface area contributed by atoms with Gasteiger partial charge in [0.2, 0.25) is 0 Å². The molecule has 1 atom stereocenters. The maximum Gasteiger partial charge on any atom is 0.122 e. The van der Waals surface area contributed by atoms with E-state index in [2.05, 4.69) is 17.2 Å². The lowest BCUT2D eigenvalue weighted by Crippen LogP contribution is -2.26. The van der Waals surface area contributed by atoms with E-state index >= 15 is 0 Å². The van der Waals surface area contributed by atoms with Gasteiger partial charge in [0.1, 0.15) is 24.3 Å². The van der Waals surface area contributed by atoms with Crippen LogP contribution in [0.2, 0.25) is 0 Å². The minimum absolute atomic E-state index is 0.230. The van der Waals surface area contributed by atoms with E-state index in [-0.39, 0.29) is 6.61 Å². The van der Waals surface area contributed by atoms with Crippen LogP contribution in [0.5, 0.6) is 5.75 Å². The van der Waals surface area contributed by atoms with Gasteiger partial charge in [0.05, 0.1) is 17.6 Å². The molecule has 0 spiro atoms. The topological polar surface area (TPSA) is 56.5 Å². The zero-order valence-electron chi connectivity index (χ0n) is 16.7. The van der Waals surface area contributed by atoms with Crippen LogP contribution in [0.3, 0.4) is 0 Å². The second kappa shape index (κ2) is 9.25. The third-order valence-electron chi connectivity index (χ3n) is 5.43. The van der Waals surface area contributed by atoms with Gasteiger partial charge in [-0.05, 0) is 43.0 Å². The van der Waals surface area contributed by atoms with Crippen LogP contribution in [-0.2, 0) is 17.7 Å². The smallest absolute Gasteiger partial charge is 0.122 e. The molecule has 0 amide bonds. The summed E-state index contributed by atoms with van der Waals surface area (Å²) < 4.78 is 13.6. The van der Waals surface area contributed by atoms with E-state index in [1.807, 2.05) is 48.5 Å². The Kier molecular flexibility index (Phi) is 6.27. The molecule has 152 valence electrons. The minimum atomic E-state index is -0.636. The van der Waals surface area contributed by atoms with Gasteiger partial charge >= 0.3 is 0 Å². The number of nitrogens with zero attached hydrogens (tertiary/aromatic N) is 2. The lowest BCUT2D eigenvalue weighted by molar-refractivity contribution is 0.0779. The molecule has 2 heterocycles. The molecule has 4 rings (SSSR count). The zero-order valence-corrected chi connectivity index (χ0v) is 16.7. The molecule has 5 nitrogen and oxygen atoms in total. The van der Waals surface area contributed by atoms with Crippen molar-refractivity contribution in [3.05, 3.63) is 72.6 Å². The van der Waals surface area contributed by atoms with Crippen LogP contribution in [0.25, 0.3) is 11.0 Å². The highest BCUT2D eigenvalue weighted by Crippen LogP contribution is 2.29. The van der Waals surface area contributed by atoms with Crippen molar-refractivity contribution in [1.29, 1.82) is 0 Å². The lowest BCUT2D eigenvalue weighted by atomic mass is 9.99. The van der Waals surface area contributed by atoms with Crippen molar-refractivity contribution in [3.63, 3.8) is 0 Å². The Balaban J connectivity index is 1.51. The number of benzene rings is 2. The molecule has 1 saturated heterocycles. The second-order valence-corrected chi connectivity index (χ2v) is 7.52. The van der Waals surface area contributed by atoms with Crippen molar-refractivity contribution in [2.45, 2.75) is 37.8 Å². The van der Waals surface area contributed by atoms with Gasteiger partial charge in [0, 0.05) is 19.1 Å². The van der Waals surface area contributed by atoms with Gasteiger partial charge < -0.3 is 19.1 Å². The maximum atomic E-state index is 10.8. The van der Waals surface area contributed by atoms with E-state index in [0.29, 0.717) is 12.5 Å². The number of ether oxygens (including phenoxy) is 2. The van der Waals surface area contributed by atoms with Crippen molar-refractivity contribution in [3.8, 4) is 5.75 Å². The molecule has 5 heteroatoms. The number of hydrogen-bond acceptors (Lipinski definition) is 4.